The van der Waals surface area contributed by atoms with Crippen molar-refractivity contribution in [2.75, 3.05) is 23.8 Å². The fraction of sp³-hybridized carbons (Fsp3) is 0.211. The summed E-state index contributed by atoms with van der Waals surface area (Å²) < 4.78 is 11.0. The van der Waals surface area contributed by atoms with E-state index in [1.165, 1.54) is 11.3 Å². The van der Waals surface area contributed by atoms with E-state index in [9.17, 15) is 4.79 Å². The highest BCUT2D eigenvalue weighted by molar-refractivity contribution is 7.13. The van der Waals surface area contributed by atoms with E-state index in [1.807, 2.05) is 30.5 Å². The molecule has 0 bridgehead atoms. The van der Waals surface area contributed by atoms with Crippen molar-refractivity contribution in [2.45, 2.75) is 13.3 Å². The number of anilines is 3. The van der Waals surface area contributed by atoms with Crippen molar-refractivity contribution in [3.8, 4) is 11.5 Å². The second-order valence-corrected chi connectivity index (χ2v) is 6.87. The van der Waals surface area contributed by atoms with Gasteiger partial charge in [-0.1, -0.05) is 6.07 Å². The fourth-order valence-corrected chi connectivity index (χ4v) is 3.38. The van der Waals surface area contributed by atoms with Crippen LogP contribution >= 0.6 is 11.3 Å². The summed E-state index contributed by atoms with van der Waals surface area (Å²) in [5.41, 5.74) is 2.29. The Labute approximate surface area is 160 Å². The van der Waals surface area contributed by atoms with E-state index in [0.717, 1.165) is 11.5 Å². The van der Waals surface area contributed by atoms with Crippen molar-refractivity contribution in [1.82, 2.24) is 9.97 Å². The molecule has 8 heteroatoms. The molecule has 1 aromatic carbocycles. The quantitative estimate of drug-likeness (QED) is 0.702. The van der Waals surface area contributed by atoms with Gasteiger partial charge >= 0.3 is 0 Å². The number of benzene rings is 1. The molecule has 3 aromatic rings. The largest absolute Gasteiger partial charge is 0.486 e. The van der Waals surface area contributed by atoms with Gasteiger partial charge in [0.2, 0.25) is 5.91 Å². The van der Waals surface area contributed by atoms with E-state index >= 15 is 0 Å². The van der Waals surface area contributed by atoms with Gasteiger partial charge in [0, 0.05) is 22.8 Å². The number of rotatable bonds is 5. The van der Waals surface area contributed by atoms with Crippen molar-refractivity contribution in [3.63, 3.8) is 0 Å². The molecule has 2 N–H and O–H groups in total. The van der Waals surface area contributed by atoms with Gasteiger partial charge in [0.25, 0.3) is 0 Å². The van der Waals surface area contributed by atoms with E-state index in [4.69, 9.17) is 9.47 Å². The number of ether oxygens (including phenoxy) is 2. The number of pyridine rings is 1. The number of thiazole rings is 1. The first kappa shape index (κ1) is 17.3. The van der Waals surface area contributed by atoms with E-state index in [2.05, 4.69) is 20.6 Å². The highest BCUT2D eigenvalue weighted by atomic mass is 32.1. The number of fused-ring (bicyclic) bond motifs is 1. The first-order valence-corrected chi connectivity index (χ1v) is 9.38. The van der Waals surface area contributed by atoms with Crippen LogP contribution in [0.5, 0.6) is 11.5 Å². The van der Waals surface area contributed by atoms with E-state index in [0.29, 0.717) is 41.2 Å². The summed E-state index contributed by atoms with van der Waals surface area (Å²) >= 11 is 1.44. The Hall–Kier alpha value is -3.13. The van der Waals surface area contributed by atoms with Crippen molar-refractivity contribution in [3.05, 3.63) is 53.2 Å². The Bertz CT molecular complexity index is 973. The maximum absolute atomic E-state index is 12.3. The summed E-state index contributed by atoms with van der Waals surface area (Å²) in [4.78, 5) is 21.1. The Morgan fingerprint density at radius 1 is 1.15 bits per heavy atom. The lowest BCUT2D eigenvalue weighted by molar-refractivity contribution is -0.115. The maximum atomic E-state index is 12.3. The summed E-state index contributed by atoms with van der Waals surface area (Å²) in [6.07, 6.45) is 0.188. The highest BCUT2D eigenvalue weighted by Crippen LogP contribution is 2.32. The summed E-state index contributed by atoms with van der Waals surface area (Å²) in [7, 11) is 0. The molecule has 1 aliphatic heterocycles. The SMILES string of the molecule is Cc1cccc(Nc2nc(CC(=O)Nc3ccc4c(c3)OCCO4)cs2)n1. The molecule has 0 unspecified atom stereocenters. The Kier molecular flexibility index (Phi) is 4.88. The van der Waals surface area contributed by atoms with Crippen LogP contribution in [0, 0.1) is 6.92 Å². The van der Waals surface area contributed by atoms with E-state index in [-0.39, 0.29) is 12.3 Å². The third-order valence-corrected chi connectivity index (χ3v) is 4.65. The first-order chi connectivity index (χ1) is 13.2. The van der Waals surface area contributed by atoms with Gasteiger partial charge in [-0.25, -0.2) is 9.97 Å². The van der Waals surface area contributed by atoms with Gasteiger partial charge in [0.1, 0.15) is 19.0 Å². The molecule has 0 saturated carbocycles. The number of nitrogens with one attached hydrogen (secondary N) is 2. The molecule has 0 spiro atoms. The summed E-state index contributed by atoms with van der Waals surface area (Å²) in [5.74, 6) is 1.93. The zero-order chi connectivity index (χ0) is 18.6. The minimum Gasteiger partial charge on any atom is -0.486 e. The zero-order valence-corrected chi connectivity index (χ0v) is 15.5. The Balaban J connectivity index is 1.36. The molecule has 1 aliphatic rings. The van der Waals surface area contributed by atoms with Gasteiger partial charge in [0.15, 0.2) is 16.6 Å². The standard InChI is InChI=1S/C19H18N4O3S/c1-12-3-2-4-17(20-12)23-19-22-14(11-27-19)10-18(24)21-13-5-6-15-16(9-13)26-8-7-25-15/h2-6,9,11H,7-8,10H2,1H3,(H,21,24)(H,20,22,23). The molecule has 4 rings (SSSR count). The highest BCUT2D eigenvalue weighted by Gasteiger charge is 2.14. The van der Waals surface area contributed by atoms with Crippen LogP contribution in [0.15, 0.2) is 41.8 Å². The van der Waals surface area contributed by atoms with Gasteiger partial charge < -0.3 is 20.1 Å². The molecule has 7 nitrogen and oxygen atoms in total. The van der Waals surface area contributed by atoms with Crippen LogP contribution in [0.4, 0.5) is 16.6 Å². The third-order valence-electron chi connectivity index (χ3n) is 3.84. The lowest BCUT2D eigenvalue weighted by Crippen LogP contribution is -2.17. The Morgan fingerprint density at radius 2 is 2.00 bits per heavy atom. The normalized spacial score (nSPS) is 12.5. The van der Waals surface area contributed by atoms with Crippen LogP contribution in [0.3, 0.4) is 0 Å². The number of hydrogen-bond donors (Lipinski definition) is 2. The second kappa shape index (κ2) is 7.63. The average Bonchev–Trinajstić information content (AvgIpc) is 3.08. The number of aromatic nitrogens is 2. The lowest BCUT2D eigenvalue weighted by Gasteiger charge is -2.18. The third kappa shape index (κ3) is 4.35. The second-order valence-electron chi connectivity index (χ2n) is 6.02. The maximum Gasteiger partial charge on any atom is 0.230 e. The number of carbonyl (C=O) groups is 1. The van der Waals surface area contributed by atoms with Crippen molar-refractivity contribution < 1.29 is 14.3 Å². The van der Waals surface area contributed by atoms with Gasteiger partial charge in [-0.15, -0.1) is 11.3 Å². The predicted molar refractivity (Wildman–Crippen MR) is 104 cm³/mol. The average molecular weight is 382 g/mol. The number of amides is 1. The summed E-state index contributed by atoms with van der Waals surface area (Å²) in [6, 6.07) is 11.1. The summed E-state index contributed by atoms with van der Waals surface area (Å²) in [6.45, 7) is 2.98. The van der Waals surface area contributed by atoms with Gasteiger partial charge in [-0.3, -0.25) is 4.79 Å². The van der Waals surface area contributed by atoms with Crippen LogP contribution in [0.2, 0.25) is 0 Å². The van der Waals surface area contributed by atoms with Crippen molar-refractivity contribution in [2.24, 2.45) is 0 Å². The molecule has 27 heavy (non-hydrogen) atoms. The molecule has 0 saturated heterocycles. The first-order valence-electron chi connectivity index (χ1n) is 8.50. The van der Waals surface area contributed by atoms with E-state index in [1.54, 1.807) is 18.2 Å². The summed E-state index contributed by atoms with van der Waals surface area (Å²) in [5, 5.41) is 8.59. The minimum absolute atomic E-state index is 0.141. The molecule has 3 heterocycles. The van der Waals surface area contributed by atoms with Gasteiger partial charge in [-0.05, 0) is 31.2 Å². The predicted octanol–water partition coefficient (Wildman–Crippen LogP) is 3.54. The molecule has 0 radical (unpaired) electrons. The van der Waals surface area contributed by atoms with Crippen LogP contribution in [-0.4, -0.2) is 29.1 Å². The fourth-order valence-electron chi connectivity index (χ4n) is 2.66. The number of carbonyl (C=O) groups excluding carboxylic acids is 1. The smallest absolute Gasteiger partial charge is 0.230 e. The topological polar surface area (TPSA) is 85.4 Å². The van der Waals surface area contributed by atoms with Crippen LogP contribution < -0.4 is 20.1 Å². The Morgan fingerprint density at radius 3 is 2.85 bits per heavy atom. The number of nitrogens with zero attached hydrogens (tertiary/aromatic N) is 2. The minimum atomic E-state index is -0.141. The van der Waals surface area contributed by atoms with Crippen molar-refractivity contribution in [1.29, 1.82) is 0 Å². The molecular weight excluding hydrogens is 364 g/mol. The monoisotopic (exact) mass is 382 g/mol. The number of hydrogen-bond acceptors (Lipinski definition) is 7. The zero-order valence-electron chi connectivity index (χ0n) is 14.7. The van der Waals surface area contributed by atoms with Crippen LogP contribution in [-0.2, 0) is 11.2 Å². The van der Waals surface area contributed by atoms with E-state index < -0.39 is 0 Å². The molecule has 0 atom stereocenters. The molecule has 2 aromatic heterocycles. The molecular formula is C19H18N4O3S. The van der Waals surface area contributed by atoms with Gasteiger partial charge in [-0.2, -0.15) is 0 Å². The molecule has 0 fully saturated rings. The van der Waals surface area contributed by atoms with Crippen LogP contribution in [0.25, 0.3) is 0 Å². The molecule has 0 aliphatic carbocycles. The van der Waals surface area contributed by atoms with Crippen LogP contribution in [0.1, 0.15) is 11.4 Å². The molecule has 138 valence electrons. The number of aryl methyl sites for hydroxylation is 1. The van der Waals surface area contributed by atoms with Gasteiger partial charge in [0.05, 0.1) is 12.1 Å². The lowest BCUT2D eigenvalue weighted by atomic mass is 10.2. The van der Waals surface area contributed by atoms with Crippen molar-refractivity contribution >= 4 is 33.9 Å². The molecule has 1 amide bonds.